The molecule has 1 amide bonds. The van der Waals surface area contributed by atoms with E-state index in [0.717, 1.165) is 29.8 Å². The van der Waals surface area contributed by atoms with Gasteiger partial charge < -0.3 is 10.0 Å². The fraction of sp³-hybridized carbons (Fsp3) is 0.200. The number of anilines is 2. The molecule has 0 atom stereocenters. The van der Waals surface area contributed by atoms with Crippen molar-refractivity contribution in [2.45, 2.75) is 19.0 Å². The van der Waals surface area contributed by atoms with Crippen molar-refractivity contribution >= 4 is 29.0 Å². The first kappa shape index (κ1) is 25.6. The maximum atomic E-state index is 12.8. The molecule has 2 aromatic heterocycles. The second-order valence-corrected chi connectivity index (χ2v) is 8.45. The lowest BCUT2D eigenvalue weighted by atomic mass is 10.1. The minimum atomic E-state index is -4.53. The second kappa shape index (κ2) is 9.90. The Morgan fingerprint density at radius 2 is 1.68 bits per heavy atom. The first-order valence-electron chi connectivity index (χ1n) is 11.0. The lowest BCUT2D eigenvalue weighted by Gasteiger charge is -2.19. The van der Waals surface area contributed by atoms with E-state index >= 15 is 0 Å². The van der Waals surface area contributed by atoms with Crippen LogP contribution in [0.3, 0.4) is 0 Å². The van der Waals surface area contributed by atoms with Gasteiger partial charge in [0.1, 0.15) is 17.3 Å². The summed E-state index contributed by atoms with van der Waals surface area (Å²) in [6.45, 7) is 0. The number of aliphatic carboxylic acids is 1. The zero-order valence-corrected chi connectivity index (χ0v) is 19.8. The van der Waals surface area contributed by atoms with Crippen LogP contribution in [-0.4, -0.2) is 50.7 Å². The molecule has 0 aliphatic rings. The highest BCUT2D eigenvalue weighted by molar-refractivity contribution is 6.04. The topological polar surface area (TPSA) is 111 Å². The van der Waals surface area contributed by atoms with Crippen LogP contribution in [-0.2, 0) is 23.8 Å². The van der Waals surface area contributed by atoms with Gasteiger partial charge in [-0.05, 0) is 42.0 Å². The minimum Gasteiger partial charge on any atom is -0.481 e. The Morgan fingerprint density at radius 1 is 1.03 bits per heavy atom. The third kappa shape index (κ3) is 5.38. The van der Waals surface area contributed by atoms with Crippen molar-refractivity contribution in [3.8, 4) is 0 Å². The van der Waals surface area contributed by atoms with Crippen LogP contribution in [0.4, 0.5) is 24.7 Å². The summed E-state index contributed by atoms with van der Waals surface area (Å²) < 4.78 is 40.0. The van der Waals surface area contributed by atoms with E-state index in [2.05, 4.69) is 9.97 Å². The molecule has 0 unspecified atom stereocenters. The van der Waals surface area contributed by atoms with E-state index in [0.29, 0.717) is 34.3 Å². The number of carbonyl (C=O) groups is 2. The Morgan fingerprint density at radius 3 is 2.24 bits per heavy atom. The highest BCUT2D eigenvalue weighted by atomic mass is 19.4. The van der Waals surface area contributed by atoms with Gasteiger partial charge >= 0.3 is 12.1 Å². The molecule has 4 rings (SSSR count). The normalized spacial score (nSPS) is 11.5. The zero-order valence-electron chi connectivity index (χ0n) is 19.8. The molecule has 0 fully saturated rings. The Labute approximate surface area is 209 Å². The molecule has 0 radical (unpaired) electrons. The van der Waals surface area contributed by atoms with Crippen LogP contribution < -0.4 is 9.96 Å². The van der Waals surface area contributed by atoms with Gasteiger partial charge in [0, 0.05) is 44.0 Å². The van der Waals surface area contributed by atoms with Gasteiger partial charge in [-0.3, -0.25) is 19.2 Å². The van der Waals surface area contributed by atoms with E-state index in [1.54, 1.807) is 47.9 Å². The van der Waals surface area contributed by atoms with Crippen molar-refractivity contribution in [2.75, 3.05) is 24.1 Å². The molecule has 2 aromatic carbocycles. The fourth-order valence-electron chi connectivity index (χ4n) is 3.86. The summed E-state index contributed by atoms with van der Waals surface area (Å²) in [5.74, 6) is -0.804. The third-order valence-corrected chi connectivity index (χ3v) is 5.64. The molecule has 0 aliphatic carbocycles. The summed E-state index contributed by atoms with van der Waals surface area (Å²) in [4.78, 5) is 34.6. The van der Waals surface area contributed by atoms with Gasteiger partial charge in [0.2, 0.25) is 0 Å². The molecule has 0 spiro atoms. The van der Waals surface area contributed by atoms with E-state index in [4.69, 9.17) is 0 Å². The average Bonchev–Trinajstić information content (AvgIpc) is 3.35. The number of aromatic nitrogens is 3. The summed E-state index contributed by atoms with van der Waals surface area (Å²) in [6.07, 6.45) is -1.19. The quantitative estimate of drug-likeness (QED) is 0.283. The van der Waals surface area contributed by atoms with Crippen LogP contribution in [0.1, 0.15) is 32.9 Å². The standard InChI is InChI=1S/C25H22F3N5O4/c1-31(2)23-19(14-21(34)35)22-29-11-12-32(22)20(30-23)13-15-3-9-18(10-4-15)33(37)24(36)16-5-7-17(8-6-16)25(26,27)28/h3-12,37H,13-14H2,1-2H3,(H,34,35). The largest absolute Gasteiger partial charge is 0.481 e. The van der Waals surface area contributed by atoms with E-state index in [-0.39, 0.29) is 17.7 Å². The lowest BCUT2D eigenvalue weighted by molar-refractivity contribution is -0.138. The van der Waals surface area contributed by atoms with Gasteiger partial charge in [-0.15, -0.1) is 0 Å². The highest BCUT2D eigenvalue weighted by Gasteiger charge is 2.30. The molecule has 0 saturated carbocycles. The van der Waals surface area contributed by atoms with E-state index in [9.17, 15) is 33.1 Å². The van der Waals surface area contributed by atoms with Crippen LogP contribution in [0.15, 0.2) is 60.9 Å². The van der Waals surface area contributed by atoms with Crippen molar-refractivity contribution < 1.29 is 33.1 Å². The molecule has 12 heteroatoms. The number of hydrogen-bond donors (Lipinski definition) is 2. The van der Waals surface area contributed by atoms with Crippen molar-refractivity contribution in [3.63, 3.8) is 0 Å². The molecule has 4 aromatic rings. The average molecular weight is 513 g/mol. The van der Waals surface area contributed by atoms with Gasteiger partial charge in [-0.25, -0.2) is 9.97 Å². The molecule has 9 nitrogen and oxygen atoms in total. The number of nitrogens with zero attached hydrogens (tertiary/aromatic N) is 5. The van der Waals surface area contributed by atoms with Gasteiger partial charge in [0.05, 0.1) is 17.7 Å². The first-order chi connectivity index (χ1) is 17.5. The van der Waals surface area contributed by atoms with Crippen LogP contribution in [0.2, 0.25) is 0 Å². The number of carboxylic acid groups (broad SMARTS) is 1. The van der Waals surface area contributed by atoms with Gasteiger partial charge in [0.15, 0.2) is 0 Å². The number of benzene rings is 2. The molecular formula is C25H22F3N5O4. The van der Waals surface area contributed by atoms with Crippen molar-refractivity contribution in [1.82, 2.24) is 14.4 Å². The number of amides is 1. The number of carbonyl (C=O) groups excluding carboxylic acids is 1. The van der Waals surface area contributed by atoms with Crippen LogP contribution in [0, 0.1) is 0 Å². The SMILES string of the molecule is CN(C)c1nc(Cc2ccc(N(O)C(=O)c3ccc(C(F)(F)F)cc3)cc2)n2ccnc2c1CC(=O)O. The van der Waals surface area contributed by atoms with Crippen molar-refractivity contribution in [2.24, 2.45) is 0 Å². The summed E-state index contributed by atoms with van der Waals surface area (Å²) in [5.41, 5.74) is 0.865. The van der Waals surface area contributed by atoms with E-state index < -0.39 is 23.6 Å². The number of halogens is 3. The van der Waals surface area contributed by atoms with Crippen LogP contribution in [0.5, 0.6) is 0 Å². The predicted molar refractivity (Wildman–Crippen MR) is 128 cm³/mol. The van der Waals surface area contributed by atoms with Gasteiger partial charge in [0.25, 0.3) is 5.91 Å². The number of hydrogen-bond acceptors (Lipinski definition) is 6. The number of alkyl halides is 3. The fourth-order valence-corrected chi connectivity index (χ4v) is 3.86. The van der Waals surface area contributed by atoms with Crippen molar-refractivity contribution in [3.05, 3.63) is 89.0 Å². The molecule has 2 N–H and O–H groups in total. The van der Waals surface area contributed by atoms with Crippen molar-refractivity contribution in [1.29, 1.82) is 0 Å². The number of carboxylic acids is 1. The Bertz CT molecular complexity index is 1450. The monoisotopic (exact) mass is 513 g/mol. The molecular weight excluding hydrogens is 491 g/mol. The predicted octanol–water partition coefficient (Wildman–Crippen LogP) is 4.07. The molecule has 192 valence electrons. The summed E-state index contributed by atoms with van der Waals surface area (Å²) in [6, 6.07) is 9.88. The zero-order chi connectivity index (χ0) is 26.9. The highest BCUT2D eigenvalue weighted by Crippen LogP contribution is 2.29. The number of rotatable bonds is 7. The summed E-state index contributed by atoms with van der Waals surface area (Å²) >= 11 is 0. The molecule has 2 heterocycles. The first-order valence-corrected chi connectivity index (χ1v) is 11.0. The van der Waals surface area contributed by atoms with Gasteiger partial charge in [-0.1, -0.05) is 12.1 Å². The van der Waals surface area contributed by atoms with E-state index in [1.807, 2.05) is 0 Å². The molecule has 0 aliphatic heterocycles. The molecule has 0 saturated heterocycles. The van der Waals surface area contributed by atoms with Gasteiger partial charge in [-0.2, -0.15) is 18.2 Å². The lowest BCUT2D eigenvalue weighted by Crippen LogP contribution is -2.27. The Hall–Kier alpha value is -4.45. The number of hydroxylamine groups is 1. The Balaban J connectivity index is 1.57. The second-order valence-electron chi connectivity index (χ2n) is 8.45. The van der Waals surface area contributed by atoms with E-state index in [1.165, 1.54) is 12.1 Å². The number of imidazole rings is 1. The van der Waals surface area contributed by atoms with Crippen LogP contribution in [0.25, 0.3) is 5.65 Å². The smallest absolute Gasteiger partial charge is 0.416 e. The number of fused-ring (bicyclic) bond motifs is 1. The maximum Gasteiger partial charge on any atom is 0.416 e. The minimum absolute atomic E-state index is 0.107. The summed E-state index contributed by atoms with van der Waals surface area (Å²) in [5, 5.41) is 20.0. The Kier molecular flexibility index (Phi) is 6.86. The third-order valence-electron chi connectivity index (χ3n) is 5.64. The molecule has 0 bridgehead atoms. The summed E-state index contributed by atoms with van der Waals surface area (Å²) in [7, 11) is 3.52. The van der Waals surface area contributed by atoms with Crippen LogP contribution >= 0.6 is 0 Å². The maximum absolute atomic E-state index is 12.8. The molecule has 37 heavy (non-hydrogen) atoms.